The van der Waals surface area contributed by atoms with Crippen molar-refractivity contribution in [3.63, 3.8) is 0 Å². The summed E-state index contributed by atoms with van der Waals surface area (Å²) >= 11 is 0. The number of carbonyl (C=O) groups excluding carboxylic acids is 1. The van der Waals surface area contributed by atoms with Gasteiger partial charge in [-0.1, -0.05) is 6.42 Å². The van der Waals surface area contributed by atoms with Crippen LogP contribution in [0.1, 0.15) is 44.9 Å². The number of nitrogens with one attached hydrogen (secondary N) is 1. The number of carbonyl (C=O) groups is 1. The molecule has 2 aliphatic carbocycles. The van der Waals surface area contributed by atoms with E-state index in [4.69, 9.17) is 9.47 Å². The lowest BCUT2D eigenvalue weighted by molar-refractivity contribution is -0.122. The number of amides is 1. The molecule has 0 bridgehead atoms. The summed E-state index contributed by atoms with van der Waals surface area (Å²) in [5.41, 5.74) is 0.805. The topological polar surface area (TPSA) is 47.6 Å². The second-order valence-electron chi connectivity index (χ2n) is 6.10. The van der Waals surface area contributed by atoms with Gasteiger partial charge in [0.15, 0.2) is 11.5 Å². The summed E-state index contributed by atoms with van der Waals surface area (Å²) in [6.45, 7) is 0. The van der Waals surface area contributed by atoms with E-state index in [0.29, 0.717) is 0 Å². The smallest absolute Gasteiger partial charge is 0.251 e. The third-order valence-electron chi connectivity index (χ3n) is 4.64. The van der Waals surface area contributed by atoms with Crippen LogP contribution < -0.4 is 14.8 Å². The fourth-order valence-electron chi connectivity index (χ4n) is 3.20. The lowest BCUT2D eigenvalue weighted by Crippen LogP contribution is -2.34. The second-order valence-corrected chi connectivity index (χ2v) is 6.10. The van der Waals surface area contributed by atoms with Crippen molar-refractivity contribution in [2.75, 3.05) is 5.32 Å². The van der Waals surface area contributed by atoms with Crippen LogP contribution in [-0.4, -0.2) is 11.7 Å². The van der Waals surface area contributed by atoms with Crippen LogP contribution in [0.3, 0.4) is 0 Å². The van der Waals surface area contributed by atoms with Gasteiger partial charge in [0.2, 0.25) is 5.91 Å². The van der Waals surface area contributed by atoms with Crippen molar-refractivity contribution < 1.29 is 14.3 Å². The number of rotatable bonds is 2. The van der Waals surface area contributed by atoms with Gasteiger partial charge in [-0.05, 0) is 37.8 Å². The molecule has 4 heteroatoms. The molecule has 1 spiro atoms. The van der Waals surface area contributed by atoms with Gasteiger partial charge >= 0.3 is 0 Å². The molecule has 106 valence electrons. The van der Waals surface area contributed by atoms with Gasteiger partial charge < -0.3 is 14.8 Å². The van der Waals surface area contributed by atoms with Crippen LogP contribution in [0, 0.1) is 5.92 Å². The summed E-state index contributed by atoms with van der Waals surface area (Å²) < 4.78 is 12.0. The molecule has 3 aliphatic rings. The van der Waals surface area contributed by atoms with E-state index in [9.17, 15) is 4.79 Å². The molecule has 0 saturated heterocycles. The van der Waals surface area contributed by atoms with Crippen LogP contribution in [-0.2, 0) is 4.79 Å². The maximum absolute atomic E-state index is 12.0. The maximum atomic E-state index is 12.0. The van der Waals surface area contributed by atoms with Crippen LogP contribution in [0.2, 0.25) is 0 Å². The third-order valence-corrected chi connectivity index (χ3v) is 4.64. The first-order valence-electron chi connectivity index (χ1n) is 7.57. The normalized spacial score (nSPS) is 22.8. The van der Waals surface area contributed by atoms with Gasteiger partial charge in [-0.2, -0.15) is 0 Å². The Morgan fingerprint density at radius 1 is 1.10 bits per heavy atom. The van der Waals surface area contributed by atoms with Crippen molar-refractivity contribution in [3.8, 4) is 11.5 Å². The summed E-state index contributed by atoms with van der Waals surface area (Å²) in [6.07, 6.45) is 7.40. The molecule has 4 rings (SSSR count). The molecule has 1 aromatic carbocycles. The lowest BCUT2D eigenvalue weighted by Gasteiger charge is -2.24. The predicted octanol–water partition coefficient (Wildman–Crippen LogP) is 3.47. The minimum atomic E-state index is -0.432. The number of hydrogen-bond acceptors (Lipinski definition) is 3. The second kappa shape index (κ2) is 4.40. The molecular formula is C16H19NO3. The Kier molecular flexibility index (Phi) is 2.65. The van der Waals surface area contributed by atoms with Gasteiger partial charge in [0.1, 0.15) is 0 Å². The SMILES string of the molecule is O=C(Nc1ccc2c(c1)OC1(CCCC1)O2)C1CCC1. The average molecular weight is 273 g/mol. The van der Waals surface area contributed by atoms with Crippen LogP contribution in [0.4, 0.5) is 5.69 Å². The molecule has 4 nitrogen and oxygen atoms in total. The van der Waals surface area contributed by atoms with E-state index in [1.165, 1.54) is 6.42 Å². The number of fused-ring (bicyclic) bond motifs is 1. The van der Waals surface area contributed by atoms with Crippen LogP contribution in [0.25, 0.3) is 0 Å². The summed E-state index contributed by atoms with van der Waals surface area (Å²) in [4.78, 5) is 12.0. The molecule has 1 amide bonds. The van der Waals surface area contributed by atoms with Crippen molar-refractivity contribution in [3.05, 3.63) is 18.2 Å². The highest BCUT2D eigenvalue weighted by atomic mass is 16.7. The van der Waals surface area contributed by atoms with E-state index in [-0.39, 0.29) is 11.8 Å². The molecule has 2 fully saturated rings. The molecule has 1 heterocycles. The van der Waals surface area contributed by atoms with E-state index in [1.54, 1.807) is 0 Å². The van der Waals surface area contributed by atoms with Gasteiger partial charge in [-0.3, -0.25) is 4.79 Å². The highest BCUT2D eigenvalue weighted by molar-refractivity contribution is 5.93. The molecule has 1 N–H and O–H groups in total. The zero-order chi connectivity index (χ0) is 13.6. The minimum Gasteiger partial charge on any atom is -0.448 e. The Labute approximate surface area is 118 Å². The van der Waals surface area contributed by atoms with E-state index in [2.05, 4.69) is 5.32 Å². The standard InChI is InChI=1S/C16H19NO3/c18-15(11-4-3-5-11)17-12-6-7-13-14(10-12)20-16(19-13)8-1-2-9-16/h6-7,10-11H,1-5,8-9H2,(H,17,18). The number of benzene rings is 1. The van der Waals surface area contributed by atoms with Gasteiger partial charge in [0.05, 0.1) is 0 Å². The Morgan fingerprint density at radius 3 is 2.55 bits per heavy atom. The Morgan fingerprint density at radius 2 is 1.85 bits per heavy atom. The monoisotopic (exact) mass is 273 g/mol. The molecule has 1 aliphatic heterocycles. The van der Waals surface area contributed by atoms with Crippen molar-refractivity contribution in [2.45, 2.75) is 50.7 Å². The van der Waals surface area contributed by atoms with Crippen molar-refractivity contribution in [1.82, 2.24) is 0 Å². The van der Waals surface area contributed by atoms with E-state index >= 15 is 0 Å². The summed E-state index contributed by atoms with van der Waals surface area (Å²) in [5, 5.41) is 2.98. The lowest BCUT2D eigenvalue weighted by atomic mass is 9.85. The maximum Gasteiger partial charge on any atom is 0.251 e. The van der Waals surface area contributed by atoms with Gasteiger partial charge in [0, 0.05) is 30.5 Å². The van der Waals surface area contributed by atoms with Gasteiger partial charge in [-0.15, -0.1) is 0 Å². The molecule has 2 saturated carbocycles. The molecule has 1 aromatic rings. The first-order chi connectivity index (χ1) is 9.74. The van der Waals surface area contributed by atoms with Gasteiger partial charge in [-0.25, -0.2) is 0 Å². The molecule has 0 atom stereocenters. The van der Waals surface area contributed by atoms with Crippen molar-refractivity contribution in [1.29, 1.82) is 0 Å². The molecule has 0 unspecified atom stereocenters. The number of ether oxygens (including phenoxy) is 2. The summed E-state index contributed by atoms with van der Waals surface area (Å²) in [7, 11) is 0. The van der Waals surface area contributed by atoms with Crippen molar-refractivity contribution >= 4 is 11.6 Å². The fraction of sp³-hybridized carbons (Fsp3) is 0.562. The molecule has 20 heavy (non-hydrogen) atoms. The highest BCUT2D eigenvalue weighted by Crippen LogP contribution is 2.47. The van der Waals surface area contributed by atoms with Crippen LogP contribution >= 0.6 is 0 Å². The zero-order valence-corrected chi connectivity index (χ0v) is 11.5. The summed E-state index contributed by atoms with van der Waals surface area (Å²) in [6, 6.07) is 5.69. The van der Waals surface area contributed by atoms with Crippen molar-refractivity contribution in [2.24, 2.45) is 5.92 Å². The first-order valence-corrected chi connectivity index (χ1v) is 7.57. The van der Waals surface area contributed by atoms with Gasteiger partial charge in [0.25, 0.3) is 5.79 Å². The quantitative estimate of drug-likeness (QED) is 0.897. The first kappa shape index (κ1) is 12.1. The van der Waals surface area contributed by atoms with E-state index in [0.717, 1.165) is 55.7 Å². The van der Waals surface area contributed by atoms with E-state index < -0.39 is 5.79 Å². The fourth-order valence-corrected chi connectivity index (χ4v) is 3.20. The zero-order valence-electron chi connectivity index (χ0n) is 11.5. The molecule has 0 aromatic heterocycles. The number of anilines is 1. The molecular weight excluding hydrogens is 254 g/mol. The highest BCUT2D eigenvalue weighted by Gasteiger charge is 2.44. The average Bonchev–Trinajstić information content (AvgIpc) is 2.93. The predicted molar refractivity (Wildman–Crippen MR) is 74.9 cm³/mol. The van der Waals surface area contributed by atoms with E-state index in [1.807, 2.05) is 18.2 Å². The Hall–Kier alpha value is -1.71. The van der Waals surface area contributed by atoms with Crippen LogP contribution in [0.15, 0.2) is 18.2 Å². The third kappa shape index (κ3) is 1.94. The number of hydrogen-bond donors (Lipinski definition) is 1. The Bertz CT molecular complexity index is 545. The minimum absolute atomic E-state index is 0.130. The summed E-state index contributed by atoms with van der Waals surface area (Å²) in [5.74, 6) is 1.46. The molecule has 0 radical (unpaired) electrons. The Balaban J connectivity index is 1.50. The van der Waals surface area contributed by atoms with Crippen LogP contribution in [0.5, 0.6) is 11.5 Å². The largest absolute Gasteiger partial charge is 0.448 e.